The van der Waals surface area contributed by atoms with Crippen molar-refractivity contribution in [2.45, 2.75) is 18.1 Å². The molecule has 130 valence electrons. The zero-order valence-corrected chi connectivity index (χ0v) is 16.9. The fourth-order valence-corrected chi connectivity index (χ4v) is 4.23. The van der Waals surface area contributed by atoms with Crippen LogP contribution in [0.1, 0.15) is 6.42 Å². The number of methoxy groups -OCH3 is 1. The van der Waals surface area contributed by atoms with E-state index in [2.05, 4.69) is 39.6 Å². The number of ether oxygens (including phenoxy) is 1. The molecule has 0 bridgehead atoms. The topological polar surface area (TPSA) is 18.0 Å². The first-order valence-electron chi connectivity index (χ1n) is 7.94. The van der Waals surface area contributed by atoms with Crippen LogP contribution in [0.4, 0.5) is 0 Å². The third-order valence-electron chi connectivity index (χ3n) is 4.20. The Morgan fingerprint density at radius 1 is 1.08 bits per heavy atom. The number of hydrogen-bond donors (Lipinski definition) is 0. The molecule has 0 fully saturated rings. The normalized spacial score (nSPS) is 13.0. The zero-order chi connectivity index (χ0) is 16.5. The number of thioether (sulfide) groups is 1. The molecule has 1 aliphatic rings. The van der Waals surface area contributed by atoms with Gasteiger partial charge in [-0.2, -0.15) is 4.57 Å². The summed E-state index contributed by atoms with van der Waals surface area (Å²) in [6.07, 6.45) is 3.45. The van der Waals surface area contributed by atoms with Gasteiger partial charge in [0.05, 0.1) is 13.7 Å². The SMILES string of the molecule is COc1ccc(-c2c[n+]3c(n2-c2ccc(Cl)cc2)SCCC3)cc1.[Br-]. The van der Waals surface area contributed by atoms with Crippen molar-refractivity contribution in [2.75, 3.05) is 12.9 Å². The Hall–Kier alpha value is -1.43. The first kappa shape index (κ1) is 18.4. The van der Waals surface area contributed by atoms with Crippen molar-refractivity contribution in [3.8, 4) is 22.7 Å². The van der Waals surface area contributed by atoms with Crippen LogP contribution in [-0.2, 0) is 6.54 Å². The number of aromatic nitrogens is 2. The van der Waals surface area contributed by atoms with E-state index in [0.29, 0.717) is 0 Å². The second-order valence-corrected chi connectivity index (χ2v) is 7.23. The fourth-order valence-electron chi connectivity index (χ4n) is 3.00. The van der Waals surface area contributed by atoms with E-state index in [1.807, 2.05) is 36.0 Å². The van der Waals surface area contributed by atoms with Crippen LogP contribution in [0.2, 0.25) is 5.02 Å². The fraction of sp³-hybridized carbons (Fsp3) is 0.211. The summed E-state index contributed by atoms with van der Waals surface area (Å²) in [4.78, 5) is 0. The maximum atomic E-state index is 6.07. The van der Waals surface area contributed by atoms with Crippen molar-refractivity contribution in [2.24, 2.45) is 0 Å². The predicted octanol–water partition coefficient (Wildman–Crippen LogP) is 1.59. The number of imidazole rings is 1. The molecule has 4 rings (SSSR count). The van der Waals surface area contributed by atoms with E-state index in [1.54, 1.807) is 7.11 Å². The Balaban J connectivity index is 0.00000182. The lowest BCUT2D eigenvalue weighted by Gasteiger charge is -2.09. The molecule has 1 aliphatic heterocycles. The third kappa shape index (κ3) is 3.59. The Labute approximate surface area is 167 Å². The molecule has 0 saturated heterocycles. The van der Waals surface area contributed by atoms with E-state index in [1.165, 1.54) is 22.8 Å². The number of nitrogens with zero attached hydrogens (tertiary/aromatic N) is 2. The minimum absolute atomic E-state index is 0. The van der Waals surface area contributed by atoms with E-state index in [4.69, 9.17) is 16.3 Å². The van der Waals surface area contributed by atoms with Gasteiger partial charge < -0.3 is 21.7 Å². The van der Waals surface area contributed by atoms with Crippen LogP contribution in [0.15, 0.2) is 59.9 Å². The summed E-state index contributed by atoms with van der Waals surface area (Å²) >= 11 is 7.98. The summed E-state index contributed by atoms with van der Waals surface area (Å²) in [6.45, 7) is 1.06. The molecule has 0 spiro atoms. The maximum absolute atomic E-state index is 6.07. The van der Waals surface area contributed by atoms with E-state index in [-0.39, 0.29) is 17.0 Å². The smallest absolute Gasteiger partial charge is 0.323 e. The number of fused-ring (bicyclic) bond motifs is 1. The van der Waals surface area contributed by atoms with Crippen molar-refractivity contribution in [3.05, 3.63) is 59.8 Å². The summed E-state index contributed by atoms with van der Waals surface area (Å²) in [5.41, 5.74) is 3.49. The second-order valence-electron chi connectivity index (χ2n) is 5.73. The van der Waals surface area contributed by atoms with Gasteiger partial charge in [-0.1, -0.05) is 11.6 Å². The molecule has 3 nitrogen and oxygen atoms in total. The highest BCUT2D eigenvalue weighted by Gasteiger charge is 2.28. The number of aryl methyl sites for hydroxylation is 1. The van der Waals surface area contributed by atoms with Gasteiger partial charge >= 0.3 is 5.16 Å². The largest absolute Gasteiger partial charge is 1.00 e. The van der Waals surface area contributed by atoms with Gasteiger partial charge in [0, 0.05) is 16.3 Å². The van der Waals surface area contributed by atoms with Gasteiger partial charge in [0.15, 0.2) is 5.69 Å². The molecule has 0 saturated carbocycles. The van der Waals surface area contributed by atoms with Gasteiger partial charge in [0.2, 0.25) is 0 Å². The first-order chi connectivity index (χ1) is 11.8. The van der Waals surface area contributed by atoms with E-state index < -0.39 is 0 Å². The van der Waals surface area contributed by atoms with Crippen LogP contribution in [-0.4, -0.2) is 17.4 Å². The maximum Gasteiger partial charge on any atom is 0.323 e. The van der Waals surface area contributed by atoms with Gasteiger partial charge in [0.1, 0.15) is 17.6 Å². The van der Waals surface area contributed by atoms with Gasteiger partial charge in [-0.3, -0.25) is 0 Å². The van der Waals surface area contributed by atoms with Crippen molar-refractivity contribution in [1.82, 2.24) is 4.57 Å². The standard InChI is InChI=1S/C19H18ClN2OS.BrH/c1-23-17-9-3-14(4-10-17)18-13-21-11-2-12-24-19(21)22(18)16-7-5-15(20)6-8-16;/h3-10,13H,2,11-12H2,1H3;1H/q+1;/p-1. The molecule has 2 aromatic carbocycles. The number of rotatable bonds is 3. The molecule has 0 N–H and O–H groups in total. The Morgan fingerprint density at radius 2 is 1.80 bits per heavy atom. The van der Waals surface area contributed by atoms with Crippen LogP contribution in [0.5, 0.6) is 5.75 Å². The number of halogens is 2. The lowest BCUT2D eigenvalue weighted by atomic mass is 10.1. The van der Waals surface area contributed by atoms with Crippen LogP contribution >= 0.6 is 23.4 Å². The lowest BCUT2D eigenvalue weighted by molar-refractivity contribution is -0.734. The summed E-state index contributed by atoms with van der Waals surface area (Å²) in [7, 11) is 1.69. The van der Waals surface area contributed by atoms with Crippen molar-refractivity contribution < 1.29 is 26.3 Å². The highest BCUT2D eigenvalue weighted by atomic mass is 79.9. The van der Waals surface area contributed by atoms with Crippen LogP contribution in [0.3, 0.4) is 0 Å². The van der Waals surface area contributed by atoms with E-state index in [9.17, 15) is 0 Å². The van der Waals surface area contributed by atoms with Crippen molar-refractivity contribution >= 4 is 23.4 Å². The molecule has 0 amide bonds. The first-order valence-corrected chi connectivity index (χ1v) is 9.31. The molecule has 2 heterocycles. The van der Waals surface area contributed by atoms with Crippen molar-refractivity contribution in [3.63, 3.8) is 0 Å². The Bertz CT molecular complexity index is 862. The molecule has 3 aromatic rings. The molecular weight excluding hydrogens is 420 g/mol. The number of hydrogen-bond acceptors (Lipinski definition) is 2. The van der Waals surface area contributed by atoms with E-state index >= 15 is 0 Å². The average Bonchev–Trinajstić information content (AvgIpc) is 3.02. The summed E-state index contributed by atoms with van der Waals surface area (Å²) in [5, 5.41) is 2.03. The molecule has 25 heavy (non-hydrogen) atoms. The minimum atomic E-state index is 0. The molecule has 1 aromatic heterocycles. The Kier molecular flexibility index (Phi) is 5.77. The summed E-state index contributed by atoms with van der Waals surface area (Å²) < 4.78 is 9.95. The molecule has 6 heteroatoms. The molecule has 0 aliphatic carbocycles. The average molecular weight is 438 g/mol. The zero-order valence-electron chi connectivity index (χ0n) is 13.8. The van der Waals surface area contributed by atoms with Crippen LogP contribution in [0, 0.1) is 0 Å². The third-order valence-corrected chi connectivity index (χ3v) is 5.62. The molecule has 0 atom stereocenters. The lowest BCUT2D eigenvalue weighted by Crippen LogP contribution is -3.00. The van der Waals surface area contributed by atoms with Gasteiger partial charge in [-0.05, 0) is 66.7 Å². The minimum Gasteiger partial charge on any atom is -1.00 e. The van der Waals surface area contributed by atoms with Gasteiger partial charge in [-0.25, -0.2) is 4.57 Å². The van der Waals surface area contributed by atoms with Gasteiger partial charge in [-0.15, -0.1) is 0 Å². The summed E-state index contributed by atoms with van der Waals surface area (Å²) in [5.74, 6) is 2.02. The van der Waals surface area contributed by atoms with Crippen molar-refractivity contribution in [1.29, 1.82) is 0 Å². The van der Waals surface area contributed by atoms with E-state index in [0.717, 1.165) is 28.8 Å². The summed E-state index contributed by atoms with van der Waals surface area (Å²) in [6, 6.07) is 16.3. The number of benzene rings is 2. The highest BCUT2D eigenvalue weighted by Crippen LogP contribution is 2.32. The molecule has 0 radical (unpaired) electrons. The quantitative estimate of drug-likeness (QED) is 0.579. The molecule has 0 unspecified atom stereocenters. The predicted molar refractivity (Wildman–Crippen MR) is 98.3 cm³/mol. The second kappa shape index (κ2) is 7.85. The van der Waals surface area contributed by atoms with Crippen LogP contribution < -0.4 is 26.3 Å². The van der Waals surface area contributed by atoms with Crippen LogP contribution in [0.25, 0.3) is 16.9 Å². The highest BCUT2D eigenvalue weighted by molar-refractivity contribution is 7.99. The monoisotopic (exact) mass is 436 g/mol. The Morgan fingerprint density at radius 3 is 2.48 bits per heavy atom. The molecular formula is C19H18BrClN2OS. The van der Waals surface area contributed by atoms with Gasteiger partial charge in [0.25, 0.3) is 0 Å².